The first-order chi connectivity index (χ1) is 14.5. The molecule has 4 heterocycles. The number of carbonyl (C=O) groups is 1. The molecule has 1 amide bonds. The number of fused-ring (bicyclic) bond motifs is 2. The highest BCUT2D eigenvalue weighted by molar-refractivity contribution is 6.04. The molecule has 0 radical (unpaired) electrons. The maximum atomic E-state index is 12.8. The van der Waals surface area contributed by atoms with Crippen molar-refractivity contribution >= 4 is 45.2 Å². The van der Waals surface area contributed by atoms with Gasteiger partial charge in [-0.25, -0.2) is 0 Å². The second kappa shape index (κ2) is 6.04. The first-order valence-corrected chi connectivity index (χ1v) is 10.4. The number of aromatic amines is 1. The van der Waals surface area contributed by atoms with Gasteiger partial charge in [-0.3, -0.25) is 24.5 Å². The fourth-order valence-electron chi connectivity index (χ4n) is 4.79. The van der Waals surface area contributed by atoms with E-state index in [2.05, 4.69) is 27.4 Å². The van der Waals surface area contributed by atoms with E-state index in [0.717, 1.165) is 40.0 Å². The van der Waals surface area contributed by atoms with Crippen molar-refractivity contribution < 1.29 is 4.79 Å². The predicted octanol–water partition coefficient (Wildman–Crippen LogP) is 3.74. The Morgan fingerprint density at radius 3 is 2.97 bits per heavy atom. The Hall–Kier alpha value is -3.42. The molecule has 0 bridgehead atoms. The summed E-state index contributed by atoms with van der Waals surface area (Å²) in [5.74, 6) is 2.30. The first-order valence-electron chi connectivity index (χ1n) is 10.4. The molecule has 2 aliphatic rings. The van der Waals surface area contributed by atoms with E-state index in [0.29, 0.717) is 18.2 Å². The molecule has 8 heteroatoms. The summed E-state index contributed by atoms with van der Waals surface area (Å²) in [6.07, 6.45) is 4.86. The summed E-state index contributed by atoms with van der Waals surface area (Å²) in [6, 6.07) is 9.89. The Morgan fingerprint density at radius 1 is 1.27 bits per heavy atom. The Kier molecular flexibility index (Phi) is 3.51. The number of benzene rings is 1. The molecule has 3 aromatic heterocycles. The van der Waals surface area contributed by atoms with E-state index in [9.17, 15) is 4.79 Å². The van der Waals surface area contributed by atoms with Crippen LogP contribution in [0.15, 0.2) is 36.5 Å². The number of hydrogen-bond donors (Lipinski definition) is 2. The third-order valence-electron chi connectivity index (χ3n) is 6.61. The van der Waals surface area contributed by atoms with Crippen molar-refractivity contribution in [3.63, 3.8) is 0 Å². The molecule has 0 spiro atoms. The van der Waals surface area contributed by atoms with E-state index in [1.54, 1.807) is 6.20 Å². The highest BCUT2D eigenvalue weighted by atomic mass is 16.2. The molecule has 8 nitrogen and oxygen atoms in total. The lowest BCUT2D eigenvalue weighted by atomic mass is 9.84. The number of aromatic nitrogens is 5. The van der Waals surface area contributed by atoms with E-state index < -0.39 is 0 Å². The number of aryl methyl sites for hydroxylation is 1. The van der Waals surface area contributed by atoms with Crippen molar-refractivity contribution in [2.24, 2.45) is 18.4 Å². The van der Waals surface area contributed by atoms with Gasteiger partial charge in [-0.05, 0) is 54.5 Å². The first kappa shape index (κ1) is 17.4. The summed E-state index contributed by atoms with van der Waals surface area (Å²) < 4.78 is 1.84. The van der Waals surface area contributed by atoms with Crippen LogP contribution < -0.4 is 10.2 Å². The Morgan fingerprint density at radius 2 is 2.13 bits per heavy atom. The number of rotatable bonds is 4. The van der Waals surface area contributed by atoms with E-state index >= 15 is 0 Å². The van der Waals surface area contributed by atoms with E-state index in [4.69, 9.17) is 5.10 Å². The normalized spacial score (nSPS) is 21.8. The van der Waals surface area contributed by atoms with E-state index in [-0.39, 0.29) is 11.3 Å². The van der Waals surface area contributed by atoms with E-state index in [1.165, 1.54) is 12.8 Å². The second-order valence-corrected chi connectivity index (χ2v) is 8.86. The van der Waals surface area contributed by atoms with Gasteiger partial charge in [0.25, 0.3) is 0 Å². The molecule has 2 fully saturated rings. The number of nitrogens with one attached hydrogen (secondary N) is 2. The van der Waals surface area contributed by atoms with Crippen molar-refractivity contribution in [2.75, 3.05) is 16.8 Å². The summed E-state index contributed by atoms with van der Waals surface area (Å²) >= 11 is 0. The van der Waals surface area contributed by atoms with Gasteiger partial charge < -0.3 is 5.32 Å². The Labute approximate surface area is 173 Å². The molecule has 1 atom stereocenters. The quantitative estimate of drug-likeness (QED) is 0.543. The van der Waals surface area contributed by atoms with Gasteiger partial charge in [0, 0.05) is 37.3 Å². The highest BCUT2D eigenvalue weighted by Crippen LogP contribution is 2.51. The fraction of sp³-hybridized carbons (Fsp3) is 0.364. The van der Waals surface area contributed by atoms with Crippen LogP contribution in [0.3, 0.4) is 0 Å². The summed E-state index contributed by atoms with van der Waals surface area (Å²) in [7, 11) is 1.92. The molecule has 30 heavy (non-hydrogen) atoms. The number of nitrogens with zero attached hydrogens (tertiary/aromatic N) is 5. The molecule has 1 unspecified atom stereocenters. The SMILES string of the molecule is Cn1nc(N2CC(C)(C3CC3)CC2=O)c2ccc(Nc3n[nH]c4cccnc34)cc21. The average Bonchev–Trinajstić information content (AvgIpc) is 3.38. The van der Waals surface area contributed by atoms with Gasteiger partial charge in [0.05, 0.1) is 11.0 Å². The number of pyridine rings is 1. The minimum absolute atomic E-state index is 0.0798. The summed E-state index contributed by atoms with van der Waals surface area (Å²) in [5, 5.41) is 16.4. The average molecular weight is 401 g/mol. The summed E-state index contributed by atoms with van der Waals surface area (Å²) in [4.78, 5) is 19.1. The lowest BCUT2D eigenvalue weighted by Gasteiger charge is -2.22. The third kappa shape index (κ3) is 2.59. The van der Waals surface area contributed by atoms with Crippen LogP contribution in [-0.4, -0.2) is 37.4 Å². The van der Waals surface area contributed by atoms with Crippen molar-refractivity contribution in [1.29, 1.82) is 0 Å². The predicted molar refractivity (Wildman–Crippen MR) is 116 cm³/mol. The number of anilines is 3. The number of carbonyl (C=O) groups excluding carboxylic acids is 1. The monoisotopic (exact) mass is 401 g/mol. The fourth-order valence-corrected chi connectivity index (χ4v) is 4.79. The molecule has 152 valence electrons. The van der Waals surface area contributed by atoms with Crippen molar-refractivity contribution in [1.82, 2.24) is 25.0 Å². The molecule has 4 aromatic rings. The highest BCUT2D eigenvalue weighted by Gasteiger charge is 2.50. The maximum absolute atomic E-state index is 12.8. The van der Waals surface area contributed by atoms with Gasteiger partial charge in [-0.1, -0.05) is 6.92 Å². The number of H-pyrrole nitrogens is 1. The van der Waals surface area contributed by atoms with Crippen molar-refractivity contribution in [2.45, 2.75) is 26.2 Å². The van der Waals surface area contributed by atoms with Crippen molar-refractivity contribution in [3.05, 3.63) is 36.5 Å². The Bertz CT molecular complexity index is 1300. The van der Waals surface area contributed by atoms with Gasteiger partial charge in [0.15, 0.2) is 11.6 Å². The van der Waals surface area contributed by atoms with Gasteiger partial charge in [-0.15, -0.1) is 0 Å². The van der Waals surface area contributed by atoms with Crippen LogP contribution in [-0.2, 0) is 11.8 Å². The molecule has 2 N–H and O–H groups in total. The zero-order valence-electron chi connectivity index (χ0n) is 17.0. The zero-order chi connectivity index (χ0) is 20.5. The van der Waals surface area contributed by atoms with Crippen LogP contribution in [0.2, 0.25) is 0 Å². The minimum Gasteiger partial charge on any atom is -0.337 e. The molecule has 6 rings (SSSR count). The van der Waals surface area contributed by atoms with Crippen LogP contribution in [0, 0.1) is 11.3 Å². The van der Waals surface area contributed by atoms with Gasteiger partial charge in [0.2, 0.25) is 5.91 Å². The largest absolute Gasteiger partial charge is 0.337 e. The van der Waals surface area contributed by atoms with Gasteiger partial charge >= 0.3 is 0 Å². The summed E-state index contributed by atoms with van der Waals surface area (Å²) in [5.41, 5.74) is 3.62. The Balaban J connectivity index is 1.35. The zero-order valence-corrected chi connectivity index (χ0v) is 17.0. The van der Waals surface area contributed by atoms with Crippen LogP contribution in [0.5, 0.6) is 0 Å². The topological polar surface area (TPSA) is 91.7 Å². The molecule has 1 saturated heterocycles. The standard InChI is InChI=1S/C22H23N7O/c1-22(13-5-6-13)11-18(30)29(12-22)21-15-8-7-14(10-17(15)28(2)27-21)24-20-19-16(25-26-20)4-3-9-23-19/h3-4,7-10,13H,5-6,11-12H2,1-2H3,(H2,24,25,26). The molecule has 1 aromatic carbocycles. The summed E-state index contributed by atoms with van der Waals surface area (Å²) in [6.45, 7) is 3.01. The van der Waals surface area contributed by atoms with E-state index in [1.807, 2.05) is 47.0 Å². The smallest absolute Gasteiger partial charge is 0.228 e. The molecule has 1 aliphatic heterocycles. The number of amides is 1. The molecule has 1 saturated carbocycles. The molecular weight excluding hydrogens is 378 g/mol. The van der Waals surface area contributed by atoms with Gasteiger partial charge in [0.1, 0.15) is 5.52 Å². The van der Waals surface area contributed by atoms with Crippen LogP contribution in [0.25, 0.3) is 21.9 Å². The third-order valence-corrected chi connectivity index (χ3v) is 6.61. The second-order valence-electron chi connectivity index (χ2n) is 8.86. The van der Waals surface area contributed by atoms with Crippen LogP contribution >= 0.6 is 0 Å². The van der Waals surface area contributed by atoms with Gasteiger partial charge in [-0.2, -0.15) is 10.2 Å². The maximum Gasteiger partial charge on any atom is 0.228 e. The molecule has 1 aliphatic carbocycles. The van der Waals surface area contributed by atoms with Crippen LogP contribution in [0.4, 0.5) is 17.3 Å². The lowest BCUT2D eigenvalue weighted by Crippen LogP contribution is -2.28. The molecular formula is C22H23N7O. The van der Waals surface area contributed by atoms with Crippen LogP contribution in [0.1, 0.15) is 26.2 Å². The lowest BCUT2D eigenvalue weighted by molar-refractivity contribution is -0.117. The minimum atomic E-state index is 0.0798. The van der Waals surface area contributed by atoms with Crippen molar-refractivity contribution in [3.8, 4) is 0 Å². The number of hydrogen-bond acceptors (Lipinski definition) is 5.